The van der Waals surface area contributed by atoms with Gasteiger partial charge in [0.25, 0.3) is 0 Å². The van der Waals surface area contributed by atoms with Crippen LogP contribution in [0.1, 0.15) is 47.9 Å². The molecule has 2 unspecified atom stereocenters. The lowest BCUT2D eigenvalue weighted by Crippen LogP contribution is -3.00. The van der Waals surface area contributed by atoms with Gasteiger partial charge in [0.1, 0.15) is 50.7 Å². The molecule has 8 heteroatoms. The van der Waals surface area contributed by atoms with E-state index in [1.165, 1.54) is 70.2 Å². The predicted molar refractivity (Wildman–Crippen MR) is 225 cm³/mol. The molecular weight excluding hydrogens is 872 g/mol. The Kier molecular flexibility index (Phi) is 7.90. The van der Waals surface area contributed by atoms with Crippen molar-refractivity contribution in [2.24, 2.45) is 23.7 Å². The lowest BCUT2D eigenvalue weighted by atomic mass is 9.52. The number of ether oxygens (including phenoxy) is 2. The molecule has 4 bridgehead atoms. The van der Waals surface area contributed by atoms with Crippen molar-refractivity contribution in [1.29, 1.82) is 0 Å². The molecule has 0 aromatic heterocycles. The van der Waals surface area contributed by atoms with E-state index >= 15 is 0 Å². The van der Waals surface area contributed by atoms with Gasteiger partial charge in [-0.25, -0.2) is 0 Å². The van der Waals surface area contributed by atoms with Crippen molar-refractivity contribution in [2.75, 3.05) is 49.2 Å². The Balaban J connectivity index is 0.00000185. The molecule has 9 heterocycles. The molecule has 15 rings (SSSR count). The summed E-state index contributed by atoms with van der Waals surface area (Å²) in [7, 11) is 0. The van der Waals surface area contributed by atoms with Gasteiger partial charge in [0.2, 0.25) is 0 Å². The van der Waals surface area contributed by atoms with Gasteiger partial charge >= 0.3 is 0 Å². The molecule has 6 nitrogen and oxygen atoms in total. The first-order valence-electron chi connectivity index (χ1n) is 22.8. The first-order chi connectivity index (χ1) is 28.6. The van der Waals surface area contributed by atoms with Gasteiger partial charge in [-0.05, 0) is 34.4 Å². The minimum Gasteiger partial charge on any atom is -1.00 e. The Hall–Kier alpha value is -3.24. The van der Waals surface area contributed by atoms with E-state index < -0.39 is 0 Å². The molecule has 0 N–H and O–H groups in total. The summed E-state index contributed by atoms with van der Waals surface area (Å²) in [6.45, 7) is 8.47. The zero-order valence-corrected chi connectivity index (χ0v) is 37.3. The second-order valence-electron chi connectivity index (χ2n) is 20.7. The van der Waals surface area contributed by atoms with Crippen LogP contribution in [0, 0.1) is 23.7 Å². The summed E-state index contributed by atoms with van der Waals surface area (Å²) < 4.78 is 17.7. The van der Waals surface area contributed by atoms with E-state index in [1.54, 1.807) is 22.3 Å². The lowest BCUT2D eigenvalue weighted by Gasteiger charge is -2.65. The molecule has 60 heavy (non-hydrogen) atoms. The standard InChI is InChI=1S/C52H54N4O2.2BrH/c1-3-11-33(12-4-1)29-55-23-21-51-39-15-7-9-17-41(39)53-47(51)45-37(27-43(51)55)35(31-55)19-25-57-49(45)54-42-18-10-8-16-40(42)52-22-24-56(30-34-13-5-2-6-14-34)32-36-20-26-58-50(53)46(48(52)54)38(36)28-44(52)56;;/h1-20,37-38,43-50H,21-32H2;2*1H/q+2;;/p-2/t37-,38-,43-,44-,45?,46?,47-,48-,49+,50+,51+,52+,55+,56+;;/m0../s1. The van der Waals surface area contributed by atoms with Gasteiger partial charge in [0.15, 0.2) is 0 Å². The molecule has 9 aliphatic heterocycles. The maximum absolute atomic E-state index is 7.66. The fourth-order valence-corrected chi connectivity index (χ4v) is 17.7. The Morgan fingerprint density at radius 2 is 0.950 bits per heavy atom. The molecule has 2 spiro atoms. The van der Waals surface area contributed by atoms with E-state index in [2.05, 4.69) is 131 Å². The molecule has 11 aliphatic rings. The van der Waals surface area contributed by atoms with Crippen molar-refractivity contribution in [1.82, 2.24) is 0 Å². The zero-order chi connectivity index (χ0) is 37.6. The monoisotopic (exact) mass is 924 g/mol. The van der Waals surface area contributed by atoms with Gasteiger partial charge in [0.05, 0.1) is 49.2 Å². The topological polar surface area (TPSA) is 24.9 Å². The summed E-state index contributed by atoms with van der Waals surface area (Å²) in [6, 6.07) is 44.4. The Morgan fingerprint density at radius 1 is 0.533 bits per heavy atom. The van der Waals surface area contributed by atoms with E-state index in [1.807, 2.05) is 0 Å². The van der Waals surface area contributed by atoms with Gasteiger partial charge in [-0.15, -0.1) is 0 Å². The Morgan fingerprint density at radius 3 is 1.40 bits per heavy atom. The van der Waals surface area contributed by atoms with E-state index in [0.29, 0.717) is 61.1 Å². The lowest BCUT2D eigenvalue weighted by molar-refractivity contribution is -0.955. The third-order valence-corrected chi connectivity index (χ3v) is 19.1. The van der Waals surface area contributed by atoms with Gasteiger partial charge in [-0.2, -0.15) is 0 Å². The summed E-state index contributed by atoms with van der Waals surface area (Å²) in [5, 5.41) is 0. The summed E-state index contributed by atoms with van der Waals surface area (Å²) in [5.41, 5.74) is 12.7. The van der Waals surface area contributed by atoms with Crippen LogP contribution in [0.2, 0.25) is 0 Å². The molecule has 2 aliphatic carbocycles. The fourth-order valence-electron chi connectivity index (χ4n) is 17.7. The third kappa shape index (κ3) is 4.26. The number of quaternary nitrogens is 2. The summed E-state index contributed by atoms with van der Waals surface area (Å²) in [5.74, 6) is 1.72. The highest BCUT2D eigenvalue weighted by Gasteiger charge is 2.81. The second-order valence-corrected chi connectivity index (χ2v) is 20.7. The van der Waals surface area contributed by atoms with Crippen LogP contribution in [0.4, 0.5) is 11.4 Å². The highest BCUT2D eigenvalue weighted by atomic mass is 79.9. The SMILES string of the molecule is C1=C2C[N@+]3(Cc4ccccc4)CC[C@]45c6ccccc6N6[C@@H]7OCC=C8C[N@+]9(Cc%10ccccc%10)CC[C@]%10%11c%12ccccc%12N([C@H](OC1)C([C@H]64)[C@H]2C[C@@H]53)[C@H]%10C7[C@H]8C[C@@H]%119.[Br-].[Br-]. The highest BCUT2D eigenvalue weighted by Crippen LogP contribution is 2.73. The summed E-state index contributed by atoms with van der Waals surface area (Å²) in [6.07, 6.45) is 10.2. The Bertz CT molecular complexity index is 2310. The third-order valence-electron chi connectivity index (χ3n) is 19.1. The quantitative estimate of drug-likeness (QED) is 0.230. The molecule has 7 fully saturated rings. The molecule has 308 valence electrons. The number of benzene rings is 4. The largest absolute Gasteiger partial charge is 1.00 e. The maximum atomic E-state index is 7.66. The fraction of sp³-hybridized carbons (Fsp3) is 0.462. The Labute approximate surface area is 375 Å². The molecule has 14 atom stereocenters. The number of rotatable bonds is 4. The number of anilines is 2. The average Bonchev–Trinajstić information content (AvgIpc) is 3.87. The number of para-hydroxylation sites is 2. The first kappa shape index (κ1) is 37.3. The van der Waals surface area contributed by atoms with Gasteiger partial charge in [0, 0.05) is 71.9 Å². The maximum Gasteiger partial charge on any atom is 0.136 e. The van der Waals surface area contributed by atoms with Crippen LogP contribution >= 0.6 is 0 Å². The minimum absolute atomic E-state index is 0. The number of halogens is 2. The molecule has 4 aromatic carbocycles. The number of hydrogen-bond donors (Lipinski definition) is 0. The van der Waals surface area contributed by atoms with Crippen molar-refractivity contribution in [2.45, 2.75) is 86.2 Å². The highest BCUT2D eigenvalue weighted by molar-refractivity contribution is 5.72. The van der Waals surface area contributed by atoms with Crippen LogP contribution in [0.5, 0.6) is 0 Å². The molecule has 0 radical (unpaired) electrons. The number of nitrogens with zero attached hydrogens (tertiary/aromatic N) is 4. The van der Waals surface area contributed by atoms with Crippen LogP contribution in [0.15, 0.2) is 132 Å². The average molecular weight is 927 g/mol. The van der Waals surface area contributed by atoms with Crippen molar-refractivity contribution in [3.05, 3.63) is 155 Å². The van der Waals surface area contributed by atoms with Crippen LogP contribution in [0.25, 0.3) is 0 Å². The van der Waals surface area contributed by atoms with Crippen LogP contribution in [0.3, 0.4) is 0 Å². The zero-order valence-electron chi connectivity index (χ0n) is 34.2. The summed E-state index contributed by atoms with van der Waals surface area (Å²) >= 11 is 0. The van der Waals surface area contributed by atoms with E-state index in [0.717, 1.165) is 26.2 Å². The van der Waals surface area contributed by atoms with Crippen LogP contribution < -0.4 is 43.8 Å². The van der Waals surface area contributed by atoms with Gasteiger partial charge < -0.3 is 62.2 Å². The molecule has 0 amide bonds. The van der Waals surface area contributed by atoms with E-state index in [4.69, 9.17) is 9.47 Å². The van der Waals surface area contributed by atoms with Crippen molar-refractivity contribution >= 4 is 11.4 Å². The molecule has 5 saturated heterocycles. The van der Waals surface area contributed by atoms with Crippen molar-refractivity contribution in [3.63, 3.8) is 0 Å². The minimum atomic E-state index is 0. The van der Waals surface area contributed by atoms with Crippen molar-refractivity contribution in [3.8, 4) is 0 Å². The molecule has 2 saturated carbocycles. The molecule has 4 aromatic rings. The first-order valence-corrected chi connectivity index (χ1v) is 22.8. The normalized spacial score (nSPS) is 43.1. The van der Waals surface area contributed by atoms with E-state index in [9.17, 15) is 0 Å². The van der Waals surface area contributed by atoms with Crippen LogP contribution in [-0.2, 0) is 33.4 Å². The smallest absolute Gasteiger partial charge is 0.136 e. The predicted octanol–water partition coefficient (Wildman–Crippen LogP) is 1.70. The summed E-state index contributed by atoms with van der Waals surface area (Å²) in [4.78, 5) is 6.02. The number of hydrogen-bond acceptors (Lipinski definition) is 4. The van der Waals surface area contributed by atoms with Crippen molar-refractivity contribution < 1.29 is 52.4 Å². The van der Waals surface area contributed by atoms with E-state index in [-0.39, 0.29) is 57.2 Å². The number of piperidine rings is 2. The van der Waals surface area contributed by atoms with Crippen LogP contribution in [-0.4, -0.2) is 85.0 Å². The number of fused-ring (bicyclic) bond motifs is 6. The second kappa shape index (κ2) is 12.7. The molecular formula is C52H54Br2N4O2. The van der Waals surface area contributed by atoms with Gasteiger partial charge in [-0.1, -0.05) is 109 Å². The van der Waals surface area contributed by atoms with Gasteiger partial charge in [-0.3, -0.25) is 0 Å².